The molecule has 1 aliphatic heterocycles. The maximum atomic E-state index is 12.4. The Hall–Kier alpha value is -2.67. The van der Waals surface area contributed by atoms with Crippen molar-refractivity contribution in [2.75, 3.05) is 19.6 Å². The highest BCUT2D eigenvalue weighted by Crippen LogP contribution is 2.12. The third kappa shape index (κ3) is 4.70. The predicted molar refractivity (Wildman–Crippen MR) is 99.3 cm³/mol. The molecule has 7 nitrogen and oxygen atoms in total. The van der Waals surface area contributed by atoms with Crippen molar-refractivity contribution in [3.63, 3.8) is 0 Å². The fraction of sp³-hybridized carbons (Fsp3) is 0.421. The molecule has 1 aliphatic rings. The number of rotatable bonds is 7. The minimum atomic E-state index is -0.646. The first kappa shape index (κ1) is 18.1. The van der Waals surface area contributed by atoms with Gasteiger partial charge in [0.2, 0.25) is 0 Å². The first-order valence-corrected chi connectivity index (χ1v) is 8.93. The largest absolute Gasteiger partial charge is 0.449 e. The first-order valence-electron chi connectivity index (χ1n) is 8.93. The Morgan fingerprint density at radius 3 is 2.81 bits per heavy atom. The molecule has 1 aromatic heterocycles. The van der Waals surface area contributed by atoms with Gasteiger partial charge >= 0.3 is 6.01 Å². The lowest BCUT2D eigenvalue weighted by atomic mass is 10.0. The Morgan fingerprint density at radius 1 is 1.38 bits per heavy atom. The van der Waals surface area contributed by atoms with Crippen molar-refractivity contribution in [1.29, 1.82) is 0 Å². The van der Waals surface area contributed by atoms with Gasteiger partial charge in [-0.3, -0.25) is 9.69 Å². The van der Waals surface area contributed by atoms with Crippen molar-refractivity contribution in [3.05, 3.63) is 49.3 Å². The lowest BCUT2D eigenvalue weighted by molar-refractivity contribution is -0.128. The van der Waals surface area contributed by atoms with Gasteiger partial charge in [0.1, 0.15) is 6.33 Å². The maximum Gasteiger partial charge on any atom is 0.336 e. The number of aromatic nitrogens is 3. The highest BCUT2D eigenvalue weighted by molar-refractivity contribution is 5.80. The maximum absolute atomic E-state index is 12.4. The monoisotopic (exact) mass is 355 g/mol. The Bertz CT molecular complexity index is 723. The molecule has 1 amide bonds. The summed E-state index contributed by atoms with van der Waals surface area (Å²) in [4.78, 5) is 18.8. The number of benzene rings is 1. The van der Waals surface area contributed by atoms with Gasteiger partial charge in [-0.1, -0.05) is 24.3 Å². The van der Waals surface area contributed by atoms with E-state index >= 15 is 0 Å². The standard InChI is InChI=1S/C19H25N5O2/c1-3-11-23-12-9-16(10-13-23)21-18(25)15(2)26-19-20-14-24(22-19)17-7-5-4-6-8-17/h3-8,14-16H,1,9-13H2,2H3,(H,21,25). The van der Waals surface area contributed by atoms with Crippen LogP contribution in [0.2, 0.25) is 0 Å². The zero-order valence-electron chi connectivity index (χ0n) is 15.0. The average molecular weight is 355 g/mol. The number of hydrogen-bond donors (Lipinski definition) is 1. The zero-order valence-corrected chi connectivity index (χ0v) is 15.0. The SMILES string of the molecule is C=CCN1CCC(NC(=O)C(C)Oc2ncn(-c3ccccc3)n2)CC1. The summed E-state index contributed by atoms with van der Waals surface area (Å²) in [5, 5.41) is 7.33. The molecule has 2 heterocycles. The van der Waals surface area contributed by atoms with Gasteiger partial charge in [0.05, 0.1) is 5.69 Å². The molecule has 0 bridgehead atoms. The molecular formula is C19H25N5O2. The fourth-order valence-electron chi connectivity index (χ4n) is 2.98. The number of hydrogen-bond acceptors (Lipinski definition) is 5. The number of carbonyl (C=O) groups excluding carboxylic acids is 1. The van der Waals surface area contributed by atoms with Gasteiger partial charge < -0.3 is 10.1 Å². The van der Waals surface area contributed by atoms with E-state index in [0.29, 0.717) is 0 Å². The van der Waals surface area contributed by atoms with Gasteiger partial charge in [0, 0.05) is 25.7 Å². The molecule has 1 fully saturated rings. The molecule has 0 spiro atoms. The smallest absolute Gasteiger partial charge is 0.336 e. The number of nitrogens with zero attached hydrogens (tertiary/aromatic N) is 4. The Kier molecular flexibility index (Phi) is 6.01. The summed E-state index contributed by atoms with van der Waals surface area (Å²) in [5.74, 6) is -0.136. The van der Waals surface area contributed by atoms with Crippen LogP contribution in [0.25, 0.3) is 5.69 Å². The molecule has 1 saturated heterocycles. The molecule has 7 heteroatoms. The zero-order chi connectivity index (χ0) is 18.4. The lowest BCUT2D eigenvalue weighted by Crippen LogP contribution is -2.48. The van der Waals surface area contributed by atoms with Crippen molar-refractivity contribution in [2.24, 2.45) is 0 Å². The molecular weight excluding hydrogens is 330 g/mol. The molecule has 1 unspecified atom stereocenters. The second-order valence-electron chi connectivity index (χ2n) is 6.44. The van der Waals surface area contributed by atoms with Crippen LogP contribution >= 0.6 is 0 Å². The third-order valence-electron chi connectivity index (χ3n) is 4.46. The fourth-order valence-corrected chi connectivity index (χ4v) is 2.98. The number of para-hydroxylation sites is 1. The summed E-state index contributed by atoms with van der Waals surface area (Å²) in [5.41, 5.74) is 0.887. The molecule has 138 valence electrons. The normalized spacial score (nSPS) is 16.8. The van der Waals surface area contributed by atoms with Crippen LogP contribution in [0.5, 0.6) is 6.01 Å². The summed E-state index contributed by atoms with van der Waals surface area (Å²) >= 11 is 0. The third-order valence-corrected chi connectivity index (χ3v) is 4.46. The van der Waals surface area contributed by atoms with Crippen molar-refractivity contribution >= 4 is 5.91 Å². The molecule has 1 atom stereocenters. The summed E-state index contributed by atoms with van der Waals surface area (Å²) in [7, 11) is 0. The summed E-state index contributed by atoms with van der Waals surface area (Å²) in [6.45, 7) is 8.31. The molecule has 1 aromatic carbocycles. The number of amides is 1. The quantitative estimate of drug-likeness (QED) is 0.767. The molecule has 0 saturated carbocycles. The van der Waals surface area contributed by atoms with E-state index in [-0.39, 0.29) is 18.0 Å². The Labute approximate surface area is 153 Å². The number of nitrogens with one attached hydrogen (secondary N) is 1. The predicted octanol–water partition coefficient (Wildman–Crippen LogP) is 1.80. The van der Waals surface area contributed by atoms with E-state index in [1.807, 2.05) is 36.4 Å². The van der Waals surface area contributed by atoms with Gasteiger partial charge in [-0.15, -0.1) is 11.7 Å². The Morgan fingerprint density at radius 2 is 2.12 bits per heavy atom. The van der Waals surface area contributed by atoms with E-state index in [0.717, 1.165) is 38.2 Å². The van der Waals surface area contributed by atoms with Gasteiger partial charge in [0.25, 0.3) is 5.91 Å². The molecule has 2 aromatic rings. The van der Waals surface area contributed by atoms with Gasteiger partial charge in [-0.2, -0.15) is 4.98 Å². The summed E-state index contributed by atoms with van der Waals surface area (Å²) < 4.78 is 7.22. The first-order chi connectivity index (χ1) is 12.7. The van der Waals surface area contributed by atoms with Gasteiger partial charge in [-0.25, -0.2) is 4.68 Å². The molecule has 1 N–H and O–H groups in total. The Balaban J connectivity index is 1.49. The van der Waals surface area contributed by atoms with E-state index in [1.165, 1.54) is 0 Å². The van der Waals surface area contributed by atoms with Crippen LogP contribution in [0.4, 0.5) is 0 Å². The average Bonchev–Trinajstić information content (AvgIpc) is 3.13. The van der Waals surface area contributed by atoms with Crippen LogP contribution < -0.4 is 10.1 Å². The number of ether oxygens (including phenoxy) is 1. The van der Waals surface area contributed by atoms with E-state index in [4.69, 9.17) is 4.74 Å². The van der Waals surface area contributed by atoms with E-state index in [2.05, 4.69) is 26.9 Å². The minimum absolute atomic E-state index is 0.136. The highest BCUT2D eigenvalue weighted by atomic mass is 16.5. The van der Waals surface area contributed by atoms with Crippen LogP contribution in [0, 0.1) is 0 Å². The van der Waals surface area contributed by atoms with Crippen LogP contribution in [-0.4, -0.2) is 57.4 Å². The second kappa shape index (κ2) is 8.62. The van der Waals surface area contributed by atoms with E-state index < -0.39 is 6.10 Å². The number of piperidine rings is 1. The van der Waals surface area contributed by atoms with Gasteiger partial charge in [-0.05, 0) is 31.9 Å². The van der Waals surface area contributed by atoms with Crippen molar-refractivity contribution in [3.8, 4) is 11.7 Å². The second-order valence-corrected chi connectivity index (χ2v) is 6.44. The van der Waals surface area contributed by atoms with Crippen molar-refractivity contribution in [2.45, 2.75) is 31.9 Å². The van der Waals surface area contributed by atoms with Gasteiger partial charge in [0.15, 0.2) is 6.10 Å². The van der Waals surface area contributed by atoms with Crippen LogP contribution in [-0.2, 0) is 4.79 Å². The molecule has 0 aliphatic carbocycles. The minimum Gasteiger partial charge on any atom is -0.449 e. The summed E-state index contributed by atoms with van der Waals surface area (Å²) in [6, 6.07) is 10.0. The number of likely N-dealkylation sites (tertiary alicyclic amines) is 1. The molecule has 0 radical (unpaired) electrons. The van der Waals surface area contributed by atoms with Crippen LogP contribution in [0.15, 0.2) is 49.3 Å². The van der Waals surface area contributed by atoms with Crippen LogP contribution in [0.3, 0.4) is 0 Å². The van der Waals surface area contributed by atoms with E-state index in [1.54, 1.807) is 17.9 Å². The van der Waals surface area contributed by atoms with E-state index in [9.17, 15) is 4.79 Å². The molecule has 26 heavy (non-hydrogen) atoms. The number of carbonyl (C=O) groups is 1. The topological polar surface area (TPSA) is 72.3 Å². The van der Waals surface area contributed by atoms with Crippen LogP contribution in [0.1, 0.15) is 19.8 Å². The highest BCUT2D eigenvalue weighted by Gasteiger charge is 2.23. The molecule has 3 rings (SSSR count). The lowest BCUT2D eigenvalue weighted by Gasteiger charge is -2.32. The van der Waals surface area contributed by atoms with Crippen molar-refractivity contribution < 1.29 is 9.53 Å². The summed E-state index contributed by atoms with van der Waals surface area (Å²) in [6.07, 6.45) is 4.72. The van der Waals surface area contributed by atoms with Crippen molar-refractivity contribution in [1.82, 2.24) is 25.0 Å².